The molecular formula is C21H19N5S. The third kappa shape index (κ3) is 3.28. The average Bonchev–Trinajstić information content (AvgIpc) is 3.45. The van der Waals surface area contributed by atoms with Crippen molar-refractivity contribution in [2.75, 3.05) is 5.32 Å². The van der Waals surface area contributed by atoms with Crippen LogP contribution < -0.4 is 5.32 Å². The number of anilines is 1. The molecule has 0 aliphatic heterocycles. The minimum absolute atomic E-state index is 0.140. The van der Waals surface area contributed by atoms with Crippen molar-refractivity contribution in [3.8, 4) is 11.3 Å². The number of nitrogens with zero attached hydrogens (tertiary/aromatic N) is 4. The fourth-order valence-corrected chi connectivity index (χ4v) is 4.03. The van der Waals surface area contributed by atoms with Gasteiger partial charge in [-0.15, -0.1) is 11.3 Å². The van der Waals surface area contributed by atoms with E-state index in [2.05, 4.69) is 68.8 Å². The second kappa shape index (κ2) is 6.70. The molecule has 27 heavy (non-hydrogen) atoms. The lowest BCUT2D eigenvalue weighted by molar-refractivity contribution is 0.876. The van der Waals surface area contributed by atoms with E-state index < -0.39 is 0 Å². The summed E-state index contributed by atoms with van der Waals surface area (Å²) in [6, 6.07) is 12.9. The zero-order valence-electron chi connectivity index (χ0n) is 15.0. The molecule has 1 unspecified atom stereocenters. The van der Waals surface area contributed by atoms with Crippen LogP contribution in [0.15, 0.2) is 54.3 Å². The molecule has 1 aliphatic rings. The second-order valence-electron chi connectivity index (χ2n) is 7.00. The molecule has 1 atom stereocenters. The van der Waals surface area contributed by atoms with Gasteiger partial charge < -0.3 is 5.32 Å². The zero-order valence-corrected chi connectivity index (χ0v) is 15.8. The van der Waals surface area contributed by atoms with Crippen molar-refractivity contribution in [2.45, 2.75) is 31.7 Å². The van der Waals surface area contributed by atoms with E-state index >= 15 is 0 Å². The molecule has 0 amide bonds. The number of fused-ring (bicyclic) bond motifs is 1. The van der Waals surface area contributed by atoms with E-state index in [1.807, 2.05) is 11.6 Å². The largest absolute Gasteiger partial charge is 0.363 e. The highest BCUT2D eigenvalue weighted by Gasteiger charge is 2.24. The average molecular weight is 373 g/mol. The summed E-state index contributed by atoms with van der Waals surface area (Å²) in [6.45, 7) is 2.14. The van der Waals surface area contributed by atoms with Crippen LogP contribution in [0.4, 0.5) is 5.82 Å². The van der Waals surface area contributed by atoms with Crippen molar-refractivity contribution in [3.05, 3.63) is 65.4 Å². The Morgan fingerprint density at radius 3 is 2.78 bits per heavy atom. The molecule has 5 rings (SSSR count). The molecule has 0 bridgehead atoms. The van der Waals surface area contributed by atoms with E-state index in [0.717, 1.165) is 27.3 Å². The lowest BCUT2D eigenvalue weighted by Gasteiger charge is -2.16. The fraction of sp³-hybridized carbons (Fsp3) is 0.238. The maximum Gasteiger partial charge on any atom is 0.138 e. The van der Waals surface area contributed by atoms with E-state index in [4.69, 9.17) is 0 Å². The first-order valence-corrected chi connectivity index (χ1v) is 10.0. The number of aromatic nitrogens is 4. The Morgan fingerprint density at radius 2 is 1.96 bits per heavy atom. The number of rotatable bonds is 5. The molecule has 1 aromatic carbocycles. The molecule has 0 spiro atoms. The summed E-state index contributed by atoms with van der Waals surface area (Å²) >= 11 is 1.63. The molecule has 134 valence electrons. The van der Waals surface area contributed by atoms with Gasteiger partial charge in [-0.1, -0.05) is 24.3 Å². The topological polar surface area (TPSA) is 63.6 Å². The first-order chi connectivity index (χ1) is 13.3. The Balaban J connectivity index is 1.36. The third-order valence-corrected chi connectivity index (χ3v) is 5.87. The van der Waals surface area contributed by atoms with E-state index in [0.29, 0.717) is 5.92 Å². The first kappa shape index (κ1) is 16.3. The Bertz CT molecular complexity index is 1090. The van der Waals surface area contributed by atoms with E-state index in [1.165, 1.54) is 24.0 Å². The van der Waals surface area contributed by atoms with Gasteiger partial charge in [-0.05, 0) is 54.3 Å². The van der Waals surface area contributed by atoms with Crippen LogP contribution in [-0.2, 0) is 0 Å². The van der Waals surface area contributed by atoms with Gasteiger partial charge >= 0.3 is 0 Å². The maximum absolute atomic E-state index is 4.41. The molecule has 1 saturated carbocycles. The second-order valence-corrected chi connectivity index (χ2v) is 7.89. The molecule has 1 aliphatic carbocycles. The summed E-state index contributed by atoms with van der Waals surface area (Å²) < 4.78 is 0. The van der Waals surface area contributed by atoms with Crippen molar-refractivity contribution in [3.63, 3.8) is 0 Å². The minimum Gasteiger partial charge on any atom is -0.363 e. The van der Waals surface area contributed by atoms with E-state index in [1.54, 1.807) is 17.7 Å². The van der Waals surface area contributed by atoms with Gasteiger partial charge in [-0.3, -0.25) is 0 Å². The normalized spacial score (nSPS) is 15.0. The van der Waals surface area contributed by atoms with Gasteiger partial charge in [0, 0.05) is 11.6 Å². The van der Waals surface area contributed by atoms with Crippen LogP contribution in [0.2, 0.25) is 0 Å². The molecule has 0 radical (unpaired) electrons. The highest BCUT2D eigenvalue weighted by atomic mass is 32.1. The molecule has 1 fully saturated rings. The summed E-state index contributed by atoms with van der Waals surface area (Å²) in [5, 5.41) is 15.1. The molecule has 4 aromatic rings. The number of hydrogen-bond donors (Lipinski definition) is 1. The van der Waals surface area contributed by atoms with Gasteiger partial charge in [-0.25, -0.2) is 9.97 Å². The summed E-state index contributed by atoms with van der Waals surface area (Å²) in [5.41, 5.74) is 4.56. The number of nitrogens with one attached hydrogen (secondary N) is 1. The predicted octanol–water partition coefficient (Wildman–Crippen LogP) is 5.20. The molecule has 6 heteroatoms. The number of benzene rings is 1. The van der Waals surface area contributed by atoms with Crippen molar-refractivity contribution in [1.82, 2.24) is 20.2 Å². The minimum atomic E-state index is 0.140. The Hall–Kier alpha value is -2.86. The lowest BCUT2D eigenvalue weighted by Crippen LogP contribution is -2.08. The number of thiophene rings is 1. The van der Waals surface area contributed by atoms with Crippen LogP contribution in [0.1, 0.15) is 42.9 Å². The Kier molecular flexibility index (Phi) is 4.05. The van der Waals surface area contributed by atoms with Gasteiger partial charge in [0.05, 0.1) is 17.3 Å². The van der Waals surface area contributed by atoms with Gasteiger partial charge in [0.2, 0.25) is 0 Å². The molecule has 0 saturated heterocycles. The zero-order chi connectivity index (χ0) is 18.2. The molecule has 3 aromatic heterocycles. The van der Waals surface area contributed by atoms with Gasteiger partial charge in [0.25, 0.3) is 0 Å². The smallest absolute Gasteiger partial charge is 0.138 e. The molecule has 3 heterocycles. The van der Waals surface area contributed by atoms with Crippen LogP contribution in [-0.4, -0.2) is 20.2 Å². The Morgan fingerprint density at radius 1 is 1.11 bits per heavy atom. The maximum atomic E-state index is 4.41. The summed E-state index contributed by atoms with van der Waals surface area (Å²) in [5.74, 6) is 1.56. The SMILES string of the molecule is CC(Nc1ncnc2sccc12)c1ccc(-c2cc(C3CC3)cnn2)cc1. The first-order valence-electron chi connectivity index (χ1n) is 9.15. The van der Waals surface area contributed by atoms with Gasteiger partial charge in [0.15, 0.2) is 0 Å². The predicted molar refractivity (Wildman–Crippen MR) is 109 cm³/mol. The molecular weight excluding hydrogens is 354 g/mol. The monoisotopic (exact) mass is 373 g/mol. The Labute approximate surface area is 161 Å². The van der Waals surface area contributed by atoms with Crippen molar-refractivity contribution in [1.29, 1.82) is 0 Å². The van der Waals surface area contributed by atoms with E-state index in [-0.39, 0.29) is 6.04 Å². The third-order valence-electron chi connectivity index (χ3n) is 5.05. The quantitative estimate of drug-likeness (QED) is 0.521. The fourth-order valence-electron chi connectivity index (χ4n) is 3.30. The summed E-state index contributed by atoms with van der Waals surface area (Å²) in [4.78, 5) is 9.72. The van der Waals surface area contributed by atoms with Gasteiger partial charge in [-0.2, -0.15) is 10.2 Å². The van der Waals surface area contributed by atoms with Crippen molar-refractivity contribution in [2.24, 2.45) is 0 Å². The standard InChI is InChI=1S/C21H19N5S/c1-13(25-20-18-8-9-27-21(18)23-12-22-20)14-2-6-16(7-3-14)19-10-17(11-24-26-19)15-4-5-15/h2-3,6-13,15H,4-5H2,1H3,(H,22,23,25). The van der Waals surface area contributed by atoms with Crippen molar-refractivity contribution < 1.29 is 0 Å². The summed E-state index contributed by atoms with van der Waals surface area (Å²) in [6.07, 6.45) is 6.05. The van der Waals surface area contributed by atoms with Crippen molar-refractivity contribution >= 4 is 27.4 Å². The van der Waals surface area contributed by atoms with Crippen LogP contribution in [0, 0.1) is 0 Å². The highest BCUT2D eigenvalue weighted by molar-refractivity contribution is 7.16. The summed E-state index contributed by atoms with van der Waals surface area (Å²) in [7, 11) is 0. The van der Waals surface area contributed by atoms with Crippen LogP contribution >= 0.6 is 11.3 Å². The van der Waals surface area contributed by atoms with Crippen LogP contribution in [0.3, 0.4) is 0 Å². The number of hydrogen-bond acceptors (Lipinski definition) is 6. The van der Waals surface area contributed by atoms with E-state index in [9.17, 15) is 0 Å². The molecule has 1 N–H and O–H groups in total. The van der Waals surface area contributed by atoms with Crippen LogP contribution in [0.25, 0.3) is 21.5 Å². The highest BCUT2D eigenvalue weighted by Crippen LogP contribution is 2.40. The van der Waals surface area contributed by atoms with Crippen LogP contribution in [0.5, 0.6) is 0 Å². The molecule has 5 nitrogen and oxygen atoms in total. The van der Waals surface area contributed by atoms with Gasteiger partial charge in [0.1, 0.15) is 17.0 Å². The lowest BCUT2D eigenvalue weighted by atomic mass is 10.0.